The maximum Gasteiger partial charge on any atom is 0.270 e. The van der Waals surface area contributed by atoms with E-state index in [2.05, 4.69) is 20.4 Å². The highest BCUT2D eigenvalue weighted by Crippen LogP contribution is 2.27. The summed E-state index contributed by atoms with van der Waals surface area (Å²) >= 11 is 0. The predicted octanol–water partition coefficient (Wildman–Crippen LogP) is 0.881. The minimum absolute atomic E-state index is 0.0975. The number of fused-ring (bicyclic) bond motifs is 1. The summed E-state index contributed by atoms with van der Waals surface area (Å²) in [4.78, 5) is 12.6. The standard InChI is InChI=1S/C11H13N5O2/c17-16(18)8-1-2-10-9(7-8)11(14-13-10)15-5-3-12-4-6-15/h1-2,7,12H,3-6H2,(H,13,14). The first-order valence-electron chi connectivity index (χ1n) is 5.84. The topological polar surface area (TPSA) is 87.1 Å². The maximum absolute atomic E-state index is 10.8. The molecule has 1 saturated heterocycles. The first kappa shape index (κ1) is 11.0. The quantitative estimate of drug-likeness (QED) is 0.607. The Balaban J connectivity index is 2.05. The van der Waals surface area contributed by atoms with Crippen LogP contribution in [0.15, 0.2) is 18.2 Å². The summed E-state index contributed by atoms with van der Waals surface area (Å²) in [6.45, 7) is 3.54. The molecule has 0 unspecified atom stereocenters. The molecule has 0 amide bonds. The van der Waals surface area contributed by atoms with Crippen molar-refractivity contribution in [1.82, 2.24) is 15.5 Å². The van der Waals surface area contributed by atoms with Gasteiger partial charge in [0, 0.05) is 38.3 Å². The van der Waals surface area contributed by atoms with E-state index in [4.69, 9.17) is 0 Å². The number of nitrogens with one attached hydrogen (secondary N) is 2. The average Bonchev–Trinajstić information content (AvgIpc) is 2.82. The fraction of sp³-hybridized carbons (Fsp3) is 0.364. The van der Waals surface area contributed by atoms with Crippen LogP contribution in [0.1, 0.15) is 0 Å². The van der Waals surface area contributed by atoms with E-state index in [0.717, 1.165) is 42.9 Å². The molecule has 1 fully saturated rings. The summed E-state index contributed by atoms with van der Waals surface area (Å²) in [6.07, 6.45) is 0. The van der Waals surface area contributed by atoms with Crippen molar-refractivity contribution >= 4 is 22.4 Å². The summed E-state index contributed by atoms with van der Waals surface area (Å²) in [5.74, 6) is 0.801. The largest absolute Gasteiger partial charge is 0.352 e. The molecule has 18 heavy (non-hydrogen) atoms. The molecule has 1 aliphatic heterocycles. The van der Waals surface area contributed by atoms with E-state index in [9.17, 15) is 10.1 Å². The molecule has 0 radical (unpaired) electrons. The van der Waals surface area contributed by atoms with Crippen molar-refractivity contribution in [3.8, 4) is 0 Å². The third-order valence-electron chi connectivity index (χ3n) is 3.15. The summed E-state index contributed by atoms with van der Waals surface area (Å²) < 4.78 is 0. The molecule has 7 heteroatoms. The highest BCUT2D eigenvalue weighted by Gasteiger charge is 2.18. The number of nitrogens with zero attached hydrogens (tertiary/aromatic N) is 3. The van der Waals surface area contributed by atoms with Gasteiger partial charge in [0.25, 0.3) is 5.69 Å². The van der Waals surface area contributed by atoms with Crippen molar-refractivity contribution in [3.63, 3.8) is 0 Å². The molecule has 3 rings (SSSR count). The third kappa shape index (κ3) is 1.78. The zero-order chi connectivity index (χ0) is 12.5. The predicted molar refractivity (Wildman–Crippen MR) is 67.8 cm³/mol. The van der Waals surface area contributed by atoms with Crippen molar-refractivity contribution in [3.05, 3.63) is 28.3 Å². The second-order valence-electron chi connectivity index (χ2n) is 4.27. The van der Waals surface area contributed by atoms with Gasteiger partial charge < -0.3 is 10.2 Å². The number of hydrogen-bond acceptors (Lipinski definition) is 5. The number of aromatic amines is 1. The summed E-state index contributed by atoms with van der Waals surface area (Å²) in [6, 6.07) is 4.77. The molecule has 0 spiro atoms. The van der Waals surface area contributed by atoms with Crippen LogP contribution in [0.25, 0.3) is 10.9 Å². The Hall–Kier alpha value is -2.15. The van der Waals surface area contributed by atoms with Crippen LogP contribution in [0.3, 0.4) is 0 Å². The highest BCUT2D eigenvalue weighted by atomic mass is 16.6. The first-order valence-corrected chi connectivity index (χ1v) is 5.84. The molecule has 94 valence electrons. The van der Waals surface area contributed by atoms with Gasteiger partial charge in [-0.15, -0.1) is 0 Å². The van der Waals surface area contributed by atoms with Crippen LogP contribution < -0.4 is 10.2 Å². The molecule has 1 aromatic carbocycles. The van der Waals surface area contributed by atoms with Gasteiger partial charge in [-0.1, -0.05) is 0 Å². The average molecular weight is 247 g/mol. The van der Waals surface area contributed by atoms with E-state index in [0.29, 0.717) is 0 Å². The molecular formula is C11H13N5O2. The Labute approximate surface area is 103 Å². The van der Waals surface area contributed by atoms with Crippen molar-refractivity contribution < 1.29 is 4.92 Å². The number of rotatable bonds is 2. The molecule has 0 atom stereocenters. The lowest BCUT2D eigenvalue weighted by molar-refractivity contribution is -0.384. The number of nitro groups is 1. The van der Waals surface area contributed by atoms with E-state index in [-0.39, 0.29) is 10.6 Å². The van der Waals surface area contributed by atoms with Gasteiger partial charge in [0.2, 0.25) is 0 Å². The van der Waals surface area contributed by atoms with Crippen molar-refractivity contribution in [2.45, 2.75) is 0 Å². The van der Waals surface area contributed by atoms with Crippen molar-refractivity contribution in [2.75, 3.05) is 31.1 Å². The monoisotopic (exact) mass is 247 g/mol. The van der Waals surface area contributed by atoms with Gasteiger partial charge in [-0.3, -0.25) is 15.2 Å². The lowest BCUT2D eigenvalue weighted by atomic mass is 10.2. The van der Waals surface area contributed by atoms with Gasteiger partial charge >= 0.3 is 0 Å². The second-order valence-corrected chi connectivity index (χ2v) is 4.27. The molecule has 2 N–H and O–H groups in total. The van der Waals surface area contributed by atoms with Gasteiger partial charge in [0.1, 0.15) is 0 Å². The van der Waals surface area contributed by atoms with Crippen LogP contribution in [-0.2, 0) is 0 Å². The zero-order valence-electron chi connectivity index (χ0n) is 9.72. The minimum atomic E-state index is -0.381. The SMILES string of the molecule is O=[N+]([O-])c1ccc2[nH]nc(N3CCNCC3)c2c1. The Bertz CT molecular complexity index is 588. The van der Waals surface area contributed by atoms with Crippen LogP contribution in [-0.4, -0.2) is 41.3 Å². The van der Waals surface area contributed by atoms with Crippen molar-refractivity contribution in [2.24, 2.45) is 0 Å². The number of aromatic nitrogens is 2. The fourth-order valence-electron chi connectivity index (χ4n) is 2.22. The number of H-pyrrole nitrogens is 1. The molecule has 7 nitrogen and oxygen atoms in total. The van der Waals surface area contributed by atoms with Gasteiger partial charge in [0.15, 0.2) is 5.82 Å². The maximum atomic E-state index is 10.8. The van der Waals surface area contributed by atoms with E-state index < -0.39 is 0 Å². The molecule has 1 aromatic heterocycles. The van der Waals surface area contributed by atoms with E-state index in [1.807, 2.05) is 0 Å². The Kier molecular flexibility index (Phi) is 2.60. The molecule has 1 aliphatic rings. The van der Waals surface area contributed by atoms with Gasteiger partial charge in [-0.2, -0.15) is 5.10 Å². The van der Waals surface area contributed by atoms with Gasteiger partial charge in [-0.25, -0.2) is 0 Å². The van der Waals surface area contributed by atoms with Crippen LogP contribution in [0.4, 0.5) is 11.5 Å². The number of anilines is 1. The number of piperazine rings is 1. The van der Waals surface area contributed by atoms with Crippen LogP contribution in [0.5, 0.6) is 0 Å². The summed E-state index contributed by atoms with van der Waals surface area (Å²) in [5.41, 5.74) is 0.925. The smallest absolute Gasteiger partial charge is 0.270 e. The normalized spacial score (nSPS) is 16.1. The molecule has 2 heterocycles. The van der Waals surface area contributed by atoms with E-state index >= 15 is 0 Å². The lowest BCUT2D eigenvalue weighted by Gasteiger charge is -2.27. The van der Waals surface area contributed by atoms with Crippen molar-refractivity contribution in [1.29, 1.82) is 0 Å². The van der Waals surface area contributed by atoms with Gasteiger partial charge in [-0.05, 0) is 6.07 Å². The van der Waals surface area contributed by atoms with Gasteiger partial charge in [0.05, 0.1) is 15.8 Å². The van der Waals surface area contributed by atoms with Crippen LogP contribution >= 0.6 is 0 Å². The molecule has 0 aliphatic carbocycles. The molecule has 0 bridgehead atoms. The van der Waals surface area contributed by atoms with Crippen LogP contribution in [0.2, 0.25) is 0 Å². The lowest BCUT2D eigenvalue weighted by Crippen LogP contribution is -2.43. The molecular weight excluding hydrogens is 234 g/mol. The summed E-state index contributed by atoms with van der Waals surface area (Å²) in [7, 11) is 0. The minimum Gasteiger partial charge on any atom is -0.352 e. The second kappa shape index (κ2) is 4.26. The molecule has 2 aromatic rings. The Morgan fingerprint density at radius 2 is 2.11 bits per heavy atom. The fourth-order valence-corrected chi connectivity index (χ4v) is 2.22. The van der Waals surface area contributed by atoms with E-state index in [1.165, 1.54) is 6.07 Å². The Morgan fingerprint density at radius 1 is 1.33 bits per heavy atom. The first-order chi connectivity index (χ1) is 8.75. The van der Waals surface area contributed by atoms with Crippen LogP contribution in [0, 0.1) is 10.1 Å². The number of nitro benzene ring substituents is 1. The number of non-ortho nitro benzene ring substituents is 1. The Morgan fingerprint density at radius 3 is 2.83 bits per heavy atom. The zero-order valence-corrected chi connectivity index (χ0v) is 9.72. The summed E-state index contributed by atoms with van der Waals surface area (Å²) in [5, 5.41) is 22.1. The number of hydrogen-bond donors (Lipinski definition) is 2. The highest BCUT2D eigenvalue weighted by molar-refractivity contribution is 5.91. The number of benzene rings is 1. The van der Waals surface area contributed by atoms with E-state index in [1.54, 1.807) is 12.1 Å². The third-order valence-corrected chi connectivity index (χ3v) is 3.15. The molecule has 0 saturated carbocycles.